The van der Waals surface area contributed by atoms with Gasteiger partial charge in [0.2, 0.25) is 0 Å². The molecule has 2 nitrogen and oxygen atoms in total. The molecule has 63 heavy (non-hydrogen) atoms. The smallest absolute Gasteiger partial charge is 0.0561 e. The Morgan fingerprint density at radius 2 is 0.889 bits per heavy atom. The van der Waals surface area contributed by atoms with Gasteiger partial charge < -0.3 is 9.47 Å². The molecule has 296 valence electrons. The fourth-order valence-electron chi connectivity index (χ4n) is 9.51. The van der Waals surface area contributed by atoms with Crippen LogP contribution in [0, 0.1) is 0 Å². The average Bonchev–Trinajstić information content (AvgIpc) is 3.91. The SMILES string of the molecule is c1ccc(-c2ccc(N(c3ccc4c5ccccc5n(-c5ccccc5)c4c3)c3cccc(-c4cccc5c4sc4ccccc45)c3-c3cccc(-c4ccccc4)c3)cc2)cc1. The van der Waals surface area contributed by atoms with E-state index in [1.165, 1.54) is 75.4 Å². The summed E-state index contributed by atoms with van der Waals surface area (Å²) < 4.78 is 5.00. The van der Waals surface area contributed by atoms with Gasteiger partial charge in [0, 0.05) is 59.1 Å². The van der Waals surface area contributed by atoms with Crippen molar-refractivity contribution in [3.05, 3.63) is 243 Å². The van der Waals surface area contributed by atoms with E-state index in [0.29, 0.717) is 0 Å². The van der Waals surface area contributed by atoms with Gasteiger partial charge in [0.25, 0.3) is 0 Å². The maximum absolute atomic E-state index is 2.47. The van der Waals surface area contributed by atoms with Gasteiger partial charge in [-0.2, -0.15) is 0 Å². The number of benzene rings is 10. The lowest BCUT2D eigenvalue weighted by molar-refractivity contribution is 1.18. The topological polar surface area (TPSA) is 8.17 Å². The predicted molar refractivity (Wildman–Crippen MR) is 270 cm³/mol. The van der Waals surface area contributed by atoms with Crippen LogP contribution in [0.1, 0.15) is 0 Å². The van der Waals surface area contributed by atoms with Gasteiger partial charge in [0.05, 0.1) is 16.7 Å². The molecule has 3 heteroatoms. The number of para-hydroxylation sites is 2. The van der Waals surface area contributed by atoms with Crippen LogP contribution >= 0.6 is 11.3 Å². The zero-order chi connectivity index (χ0) is 41.7. The highest BCUT2D eigenvalue weighted by atomic mass is 32.1. The van der Waals surface area contributed by atoms with Crippen LogP contribution in [0.4, 0.5) is 17.1 Å². The van der Waals surface area contributed by atoms with E-state index in [4.69, 9.17) is 0 Å². The fraction of sp³-hybridized carbons (Fsp3) is 0. The van der Waals surface area contributed by atoms with Crippen molar-refractivity contribution in [2.75, 3.05) is 4.90 Å². The highest BCUT2D eigenvalue weighted by molar-refractivity contribution is 7.26. The summed E-state index contributed by atoms with van der Waals surface area (Å²) in [5.74, 6) is 0. The van der Waals surface area contributed by atoms with Crippen molar-refractivity contribution in [2.24, 2.45) is 0 Å². The first kappa shape index (κ1) is 36.8. The number of aromatic nitrogens is 1. The first-order valence-corrected chi connectivity index (χ1v) is 22.3. The van der Waals surface area contributed by atoms with Gasteiger partial charge >= 0.3 is 0 Å². The zero-order valence-electron chi connectivity index (χ0n) is 34.4. The number of hydrogen-bond acceptors (Lipinski definition) is 2. The maximum atomic E-state index is 2.47. The predicted octanol–water partition coefficient (Wildman–Crippen LogP) is 17.3. The third kappa shape index (κ3) is 6.41. The third-order valence-electron chi connectivity index (χ3n) is 12.4. The minimum atomic E-state index is 1.08. The van der Waals surface area contributed by atoms with Gasteiger partial charge in [-0.25, -0.2) is 0 Å². The van der Waals surface area contributed by atoms with Crippen molar-refractivity contribution in [1.82, 2.24) is 4.57 Å². The molecule has 0 aliphatic rings. The lowest BCUT2D eigenvalue weighted by Crippen LogP contribution is -2.12. The Hall–Kier alpha value is -7.98. The quantitative estimate of drug-likeness (QED) is 0.148. The second-order valence-electron chi connectivity index (χ2n) is 16.1. The second-order valence-corrected chi connectivity index (χ2v) is 17.1. The number of anilines is 3. The standard InChI is InChI=1S/C60H40N2S/c1-4-17-41(18-5-1)43-33-35-47(36-34-43)61(48-37-38-50-49-25-10-12-30-55(49)62(57(50)40-48)46-23-8-3-9-24-46)56-31-16-27-52(54-29-15-28-53-51-26-11-13-32-58(51)63-60(53)54)59(56)45-22-14-21-44(39-45)42-19-6-2-7-20-42/h1-40H. The Labute approximate surface area is 370 Å². The van der Waals surface area contributed by atoms with Crippen LogP contribution in [0.15, 0.2) is 243 Å². The van der Waals surface area contributed by atoms with Crippen molar-refractivity contribution in [3.8, 4) is 50.2 Å². The van der Waals surface area contributed by atoms with E-state index >= 15 is 0 Å². The molecule has 0 fully saturated rings. The van der Waals surface area contributed by atoms with Gasteiger partial charge in [0.15, 0.2) is 0 Å². The summed E-state index contributed by atoms with van der Waals surface area (Å²) in [5, 5.41) is 5.04. The molecule has 0 amide bonds. The van der Waals surface area contributed by atoms with Crippen molar-refractivity contribution in [1.29, 1.82) is 0 Å². The van der Waals surface area contributed by atoms with Gasteiger partial charge in [-0.3, -0.25) is 0 Å². The molecular weight excluding hydrogens is 781 g/mol. The maximum Gasteiger partial charge on any atom is 0.0561 e. The van der Waals surface area contributed by atoms with Crippen molar-refractivity contribution in [2.45, 2.75) is 0 Å². The Kier molecular flexibility index (Phi) is 9.06. The Morgan fingerprint density at radius 1 is 0.333 bits per heavy atom. The molecule has 2 heterocycles. The molecule has 0 bridgehead atoms. The molecule has 0 N–H and O–H groups in total. The van der Waals surface area contributed by atoms with E-state index in [1.807, 2.05) is 11.3 Å². The van der Waals surface area contributed by atoms with E-state index < -0.39 is 0 Å². The average molecular weight is 821 g/mol. The summed E-state index contributed by atoms with van der Waals surface area (Å²) in [5.41, 5.74) is 16.2. The van der Waals surface area contributed by atoms with E-state index in [1.54, 1.807) is 0 Å². The van der Waals surface area contributed by atoms with Crippen LogP contribution < -0.4 is 4.90 Å². The van der Waals surface area contributed by atoms with Crippen LogP contribution in [-0.4, -0.2) is 4.57 Å². The van der Waals surface area contributed by atoms with Crippen LogP contribution in [0.3, 0.4) is 0 Å². The summed E-state index contributed by atoms with van der Waals surface area (Å²) in [6.45, 7) is 0. The van der Waals surface area contributed by atoms with Crippen LogP contribution in [-0.2, 0) is 0 Å². The molecule has 0 atom stereocenters. The fourth-order valence-corrected chi connectivity index (χ4v) is 10.7. The number of fused-ring (bicyclic) bond motifs is 6. The number of thiophene rings is 1. The molecule has 10 aromatic carbocycles. The summed E-state index contributed by atoms with van der Waals surface area (Å²) in [6.07, 6.45) is 0. The number of hydrogen-bond donors (Lipinski definition) is 0. The highest BCUT2D eigenvalue weighted by Crippen LogP contribution is 2.50. The summed E-state index contributed by atoms with van der Waals surface area (Å²) in [6, 6.07) is 88.5. The zero-order valence-corrected chi connectivity index (χ0v) is 35.2. The second kappa shape index (κ2) is 15.5. The van der Waals surface area contributed by atoms with Gasteiger partial charge in [-0.1, -0.05) is 182 Å². The third-order valence-corrected chi connectivity index (χ3v) is 13.6. The molecule has 0 spiro atoms. The van der Waals surface area contributed by atoms with Gasteiger partial charge in [0.1, 0.15) is 0 Å². The Balaban J connectivity index is 1.16. The van der Waals surface area contributed by atoms with Crippen LogP contribution in [0.25, 0.3) is 92.2 Å². The van der Waals surface area contributed by atoms with E-state index in [2.05, 4.69) is 252 Å². The Bertz CT molecular complexity index is 3600. The molecule has 12 rings (SSSR count). The monoisotopic (exact) mass is 820 g/mol. The van der Waals surface area contributed by atoms with E-state index in [-0.39, 0.29) is 0 Å². The van der Waals surface area contributed by atoms with Gasteiger partial charge in [-0.05, 0) is 94.0 Å². The molecule has 0 radical (unpaired) electrons. The number of nitrogens with zero attached hydrogens (tertiary/aromatic N) is 2. The summed E-state index contributed by atoms with van der Waals surface area (Å²) >= 11 is 1.88. The molecule has 0 aliphatic carbocycles. The van der Waals surface area contributed by atoms with Gasteiger partial charge in [-0.15, -0.1) is 11.3 Å². The molecule has 0 saturated heterocycles. The highest BCUT2D eigenvalue weighted by Gasteiger charge is 2.24. The van der Waals surface area contributed by atoms with Crippen LogP contribution in [0.5, 0.6) is 0 Å². The Morgan fingerprint density at radius 3 is 1.68 bits per heavy atom. The summed E-state index contributed by atoms with van der Waals surface area (Å²) in [4.78, 5) is 2.47. The lowest BCUT2D eigenvalue weighted by Gasteiger charge is -2.30. The molecular formula is C60H40N2S. The largest absolute Gasteiger partial charge is 0.310 e. The molecule has 0 saturated carbocycles. The molecule has 0 aliphatic heterocycles. The van der Waals surface area contributed by atoms with E-state index in [9.17, 15) is 0 Å². The van der Waals surface area contributed by atoms with Crippen molar-refractivity contribution < 1.29 is 0 Å². The minimum absolute atomic E-state index is 1.08. The summed E-state index contributed by atoms with van der Waals surface area (Å²) in [7, 11) is 0. The molecule has 0 unspecified atom stereocenters. The minimum Gasteiger partial charge on any atom is -0.310 e. The lowest BCUT2D eigenvalue weighted by atomic mass is 9.90. The normalized spacial score (nSPS) is 11.5. The first-order chi connectivity index (χ1) is 31.3. The van der Waals surface area contributed by atoms with Crippen molar-refractivity contribution in [3.63, 3.8) is 0 Å². The van der Waals surface area contributed by atoms with Crippen LogP contribution in [0.2, 0.25) is 0 Å². The molecule has 2 aromatic heterocycles. The molecule has 12 aromatic rings. The first-order valence-electron chi connectivity index (χ1n) is 21.5. The van der Waals surface area contributed by atoms with Crippen molar-refractivity contribution >= 4 is 70.4 Å². The van der Waals surface area contributed by atoms with E-state index in [0.717, 1.165) is 33.8 Å². The number of rotatable bonds is 8.